The molecule has 24 heavy (non-hydrogen) atoms. The van der Waals surface area contributed by atoms with E-state index in [4.69, 9.17) is 4.74 Å². The van der Waals surface area contributed by atoms with E-state index in [0.717, 1.165) is 34.3 Å². The minimum Gasteiger partial charge on any atom is -0.489 e. The van der Waals surface area contributed by atoms with Crippen molar-refractivity contribution in [2.75, 3.05) is 5.32 Å². The van der Waals surface area contributed by atoms with Crippen LogP contribution in [0.5, 0.6) is 5.75 Å². The van der Waals surface area contributed by atoms with Crippen LogP contribution in [-0.4, -0.2) is 5.91 Å². The van der Waals surface area contributed by atoms with Gasteiger partial charge in [-0.25, -0.2) is 0 Å². The summed E-state index contributed by atoms with van der Waals surface area (Å²) in [5.41, 5.74) is 4.26. The normalized spacial score (nSPS) is 10.5. The molecular weight excluding hydrogens is 366 g/mol. The van der Waals surface area contributed by atoms with Gasteiger partial charge in [0, 0.05) is 22.1 Å². The molecule has 4 heteroatoms. The summed E-state index contributed by atoms with van der Waals surface area (Å²) < 4.78 is 7.00. The molecule has 0 fully saturated rings. The second kappa shape index (κ2) is 8.88. The molecule has 0 saturated carbocycles. The lowest BCUT2D eigenvalue weighted by Gasteiger charge is -2.16. The van der Waals surface area contributed by atoms with Gasteiger partial charge in [-0.05, 0) is 42.2 Å². The van der Waals surface area contributed by atoms with Gasteiger partial charge in [-0.15, -0.1) is 0 Å². The molecule has 0 aliphatic carbocycles. The molecule has 0 saturated heterocycles. The number of hydrogen-bond acceptors (Lipinski definition) is 2. The third-order valence-electron chi connectivity index (χ3n) is 4.00. The minimum atomic E-state index is -0.00380. The topological polar surface area (TPSA) is 38.3 Å². The molecular formula is C20H24BrNO2. The van der Waals surface area contributed by atoms with E-state index >= 15 is 0 Å². The fourth-order valence-electron chi connectivity index (χ4n) is 2.48. The first-order chi connectivity index (χ1) is 11.6. The average Bonchev–Trinajstić information content (AvgIpc) is 2.61. The number of nitrogens with one attached hydrogen (secondary N) is 1. The van der Waals surface area contributed by atoms with Crippen molar-refractivity contribution >= 4 is 27.5 Å². The van der Waals surface area contributed by atoms with Crippen molar-refractivity contribution in [2.24, 2.45) is 0 Å². The Labute approximate surface area is 152 Å². The molecule has 2 rings (SSSR count). The number of halogens is 1. The molecule has 0 bridgehead atoms. The molecule has 0 atom stereocenters. The number of anilines is 1. The molecule has 128 valence electrons. The third kappa shape index (κ3) is 4.60. The lowest BCUT2D eigenvalue weighted by atomic mass is 10.1. The molecule has 2 aromatic rings. The summed E-state index contributed by atoms with van der Waals surface area (Å²) in [6.45, 7) is 6.53. The van der Waals surface area contributed by atoms with Crippen LogP contribution in [0.1, 0.15) is 43.9 Å². The van der Waals surface area contributed by atoms with E-state index in [0.29, 0.717) is 13.0 Å². The highest BCUT2D eigenvalue weighted by Gasteiger charge is 2.11. The molecule has 2 aromatic carbocycles. The summed E-state index contributed by atoms with van der Waals surface area (Å²) in [4.78, 5) is 11.7. The van der Waals surface area contributed by atoms with Crippen LogP contribution in [-0.2, 0) is 24.2 Å². The van der Waals surface area contributed by atoms with Crippen LogP contribution >= 0.6 is 15.9 Å². The minimum absolute atomic E-state index is 0.00380. The van der Waals surface area contributed by atoms with E-state index in [1.54, 1.807) is 0 Å². The van der Waals surface area contributed by atoms with Gasteiger partial charge in [-0.3, -0.25) is 4.79 Å². The average molecular weight is 390 g/mol. The maximum Gasteiger partial charge on any atom is 0.224 e. The number of amides is 1. The SMILES string of the molecule is CCC(=O)Nc1cccc(Br)c1COc1ccc(CC)cc1CC. The van der Waals surface area contributed by atoms with Gasteiger partial charge < -0.3 is 10.1 Å². The second-order valence-electron chi connectivity index (χ2n) is 5.61. The van der Waals surface area contributed by atoms with Crippen molar-refractivity contribution in [3.63, 3.8) is 0 Å². The van der Waals surface area contributed by atoms with Crippen LogP contribution in [0.2, 0.25) is 0 Å². The van der Waals surface area contributed by atoms with Crippen molar-refractivity contribution in [3.8, 4) is 5.75 Å². The highest BCUT2D eigenvalue weighted by Crippen LogP contribution is 2.28. The van der Waals surface area contributed by atoms with Gasteiger partial charge in [0.05, 0.1) is 0 Å². The predicted molar refractivity (Wildman–Crippen MR) is 103 cm³/mol. The van der Waals surface area contributed by atoms with Crippen molar-refractivity contribution in [2.45, 2.75) is 46.6 Å². The Kier molecular flexibility index (Phi) is 6.85. The number of rotatable bonds is 7. The van der Waals surface area contributed by atoms with Gasteiger partial charge in [0.2, 0.25) is 5.91 Å². The van der Waals surface area contributed by atoms with Gasteiger partial charge in [0.15, 0.2) is 0 Å². The first-order valence-electron chi connectivity index (χ1n) is 8.40. The molecule has 0 aliphatic heterocycles. The van der Waals surface area contributed by atoms with Crippen molar-refractivity contribution in [1.29, 1.82) is 0 Å². The Morgan fingerprint density at radius 1 is 1.12 bits per heavy atom. The smallest absolute Gasteiger partial charge is 0.224 e. The number of benzene rings is 2. The monoisotopic (exact) mass is 389 g/mol. The lowest BCUT2D eigenvalue weighted by molar-refractivity contribution is -0.115. The van der Waals surface area contributed by atoms with Crippen LogP contribution in [0.3, 0.4) is 0 Å². The first kappa shape index (κ1) is 18.5. The summed E-state index contributed by atoms with van der Waals surface area (Å²) in [5, 5.41) is 2.94. The van der Waals surface area contributed by atoms with Gasteiger partial charge >= 0.3 is 0 Å². The van der Waals surface area contributed by atoms with Crippen molar-refractivity contribution in [1.82, 2.24) is 0 Å². The van der Waals surface area contributed by atoms with E-state index < -0.39 is 0 Å². The fourth-order valence-corrected chi connectivity index (χ4v) is 2.96. The van der Waals surface area contributed by atoms with Gasteiger partial charge in [-0.1, -0.05) is 54.9 Å². The predicted octanol–water partition coefficient (Wildman–Crippen LogP) is 5.50. The third-order valence-corrected chi connectivity index (χ3v) is 4.74. The molecule has 0 unspecified atom stereocenters. The second-order valence-corrected chi connectivity index (χ2v) is 6.46. The summed E-state index contributed by atoms with van der Waals surface area (Å²) in [6, 6.07) is 12.1. The number of aryl methyl sites for hydroxylation is 2. The quantitative estimate of drug-likeness (QED) is 0.678. The zero-order valence-corrected chi connectivity index (χ0v) is 16.1. The maximum atomic E-state index is 11.7. The molecule has 0 heterocycles. The Morgan fingerprint density at radius 2 is 1.92 bits per heavy atom. The standard InChI is InChI=1S/C20H24BrNO2/c1-4-14-10-11-19(15(5-2)12-14)24-13-16-17(21)8-7-9-18(16)22-20(23)6-3/h7-12H,4-6,13H2,1-3H3,(H,22,23). The van der Waals surface area contributed by atoms with E-state index in [-0.39, 0.29) is 5.91 Å². The summed E-state index contributed by atoms with van der Waals surface area (Å²) in [7, 11) is 0. The van der Waals surface area contributed by atoms with Crippen LogP contribution in [0.4, 0.5) is 5.69 Å². The summed E-state index contributed by atoms with van der Waals surface area (Å²) >= 11 is 3.56. The number of carbonyl (C=O) groups is 1. The largest absolute Gasteiger partial charge is 0.489 e. The number of ether oxygens (including phenoxy) is 1. The van der Waals surface area contributed by atoms with Crippen molar-refractivity contribution < 1.29 is 9.53 Å². The summed E-state index contributed by atoms with van der Waals surface area (Å²) in [6.07, 6.45) is 2.40. The zero-order chi connectivity index (χ0) is 17.5. The number of carbonyl (C=O) groups excluding carboxylic acids is 1. The first-order valence-corrected chi connectivity index (χ1v) is 9.20. The van der Waals surface area contributed by atoms with Gasteiger partial charge in [-0.2, -0.15) is 0 Å². The van der Waals surface area contributed by atoms with Crippen molar-refractivity contribution in [3.05, 3.63) is 57.6 Å². The Bertz CT molecular complexity index is 713. The van der Waals surface area contributed by atoms with E-state index in [1.807, 2.05) is 31.2 Å². The molecule has 0 spiro atoms. The molecule has 0 aromatic heterocycles. The van der Waals surface area contributed by atoms with E-state index in [9.17, 15) is 4.79 Å². The van der Waals surface area contributed by atoms with Crippen LogP contribution < -0.4 is 10.1 Å². The Hall–Kier alpha value is -1.81. The molecule has 3 nitrogen and oxygen atoms in total. The molecule has 1 amide bonds. The van der Waals surface area contributed by atoms with Gasteiger partial charge in [0.25, 0.3) is 0 Å². The van der Waals surface area contributed by atoms with Crippen LogP contribution in [0, 0.1) is 0 Å². The molecule has 1 N–H and O–H groups in total. The Morgan fingerprint density at radius 3 is 2.58 bits per heavy atom. The fraction of sp³-hybridized carbons (Fsp3) is 0.350. The highest BCUT2D eigenvalue weighted by molar-refractivity contribution is 9.10. The molecule has 0 aliphatic rings. The van der Waals surface area contributed by atoms with Crippen LogP contribution in [0.15, 0.2) is 40.9 Å². The number of hydrogen-bond donors (Lipinski definition) is 1. The zero-order valence-electron chi connectivity index (χ0n) is 14.5. The molecule has 0 radical (unpaired) electrons. The van der Waals surface area contributed by atoms with Gasteiger partial charge in [0.1, 0.15) is 12.4 Å². The van der Waals surface area contributed by atoms with E-state index in [1.165, 1.54) is 11.1 Å². The Balaban J connectivity index is 2.21. The van der Waals surface area contributed by atoms with E-state index in [2.05, 4.69) is 47.2 Å². The van der Waals surface area contributed by atoms with Crippen LogP contribution in [0.25, 0.3) is 0 Å². The lowest BCUT2D eigenvalue weighted by Crippen LogP contribution is -2.12. The maximum absolute atomic E-state index is 11.7. The highest BCUT2D eigenvalue weighted by atomic mass is 79.9. The summed E-state index contributed by atoms with van der Waals surface area (Å²) in [5.74, 6) is 0.897.